The van der Waals surface area contributed by atoms with Crippen LogP contribution in [-0.2, 0) is 12.8 Å². The van der Waals surface area contributed by atoms with Crippen LogP contribution < -0.4 is 9.64 Å². The molecule has 2 aromatic carbocycles. The van der Waals surface area contributed by atoms with E-state index < -0.39 is 0 Å². The van der Waals surface area contributed by atoms with Crippen molar-refractivity contribution in [3.63, 3.8) is 0 Å². The summed E-state index contributed by atoms with van der Waals surface area (Å²) in [5.74, 6) is 0.727. The average Bonchev–Trinajstić information content (AvgIpc) is 3.26. The molecule has 0 unspecified atom stereocenters. The first-order valence-corrected chi connectivity index (χ1v) is 12.1. The van der Waals surface area contributed by atoms with Crippen LogP contribution in [0.4, 0.5) is 10.1 Å². The van der Waals surface area contributed by atoms with Gasteiger partial charge in [-0.2, -0.15) is 5.10 Å². The monoisotopic (exact) mass is 450 g/mol. The fourth-order valence-electron chi connectivity index (χ4n) is 4.48. The van der Waals surface area contributed by atoms with Crippen molar-refractivity contribution in [2.45, 2.75) is 39.0 Å². The highest BCUT2D eigenvalue weighted by Crippen LogP contribution is 2.21. The van der Waals surface area contributed by atoms with Crippen LogP contribution in [-0.4, -0.2) is 54.5 Å². The first kappa shape index (κ1) is 23.3. The molecule has 0 spiro atoms. The van der Waals surface area contributed by atoms with Crippen molar-refractivity contribution in [1.82, 2.24) is 14.7 Å². The Hall–Kier alpha value is -2.86. The Labute approximate surface area is 196 Å². The summed E-state index contributed by atoms with van der Waals surface area (Å²) in [6.07, 6.45) is 5.41. The zero-order valence-electron chi connectivity index (χ0n) is 19.8. The van der Waals surface area contributed by atoms with Gasteiger partial charge in [0, 0.05) is 31.9 Å². The highest BCUT2D eigenvalue weighted by atomic mass is 19.1. The highest BCUT2D eigenvalue weighted by molar-refractivity contribution is 5.48. The van der Waals surface area contributed by atoms with Gasteiger partial charge in [0.1, 0.15) is 11.6 Å². The zero-order valence-corrected chi connectivity index (χ0v) is 19.8. The third-order valence-corrected chi connectivity index (χ3v) is 6.41. The van der Waals surface area contributed by atoms with Gasteiger partial charge < -0.3 is 9.64 Å². The first-order valence-electron chi connectivity index (χ1n) is 12.1. The minimum Gasteiger partial charge on any atom is -0.497 e. The summed E-state index contributed by atoms with van der Waals surface area (Å²) < 4.78 is 21.5. The van der Waals surface area contributed by atoms with E-state index in [0.29, 0.717) is 0 Å². The fraction of sp³-hybridized carbons (Fsp3) is 0.444. The van der Waals surface area contributed by atoms with Gasteiger partial charge in [-0.15, -0.1) is 0 Å². The lowest BCUT2D eigenvalue weighted by Gasteiger charge is -2.36. The maximum Gasteiger partial charge on any atom is 0.146 e. The summed E-state index contributed by atoms with van der Waals surface area (Å²) in [6.45, 7) is 6.93. The van der Waals surface area contributed by atoms with Crippen LogP contribution in [0.1, 0.15) is 37.6 Å². The van der Waals surface area contributed by atoms with Crippen LogP contribution >= 0.6 is 0 Å². The van der Waals surface area contributed by atoms with Crippen molar-refractivity contribution in [3.8, 4) is 11.4 Å². The van der Waals surface area contributed by atoms with Crippen LogP contribution in [0, 0.1) is 5.82 Å². The van der Waals surface area contributed by atoms with Crippen LogP contribution in [0.5, 0.6) is 5.75 Å². The van der Waals surface area contributed by atoms with Crippen molar-refractivity contribution < 1.29 is 9.13 Å². The Morgan fingerprint density at radius 1 is 0.939 bits per heavy atom. The number of hydrogen-bond acceptors (Lipinski definition) is 4. The molecule has 6 heteroatoms. The minimum absolute atomic E-state index is 0.128. The van der Waals surface area contributed by atoms with E-state index >= 15 is 0 Å². The lowest BCUT2D eigenvalue weighted by atomic mass is 10.1. The quantitative estimate of drug-likeness (QED) is 0.429. The Morgan fingerprint density at radius 3 is 2.39 bits per heavy atom. The molecule has 1 saturated heterocycles. The molecular formula is C27H35FN4O. The number of aromatic nitrogens is 2. The van der Waals surface area contributed by atoms with Crippen molar-refractivity contribution >= 4 is 5.69 Å². The second-order valence-corrected chi connectivity index (χ2v) is 8.72. The molecule has 4 rings (SSSR count). The van der Waals surface area contributed by atoms with Crippen LogP contribution in [0.3, 0.4) is 0 Å². The minimum atomic E-state index is -0.128. The molecule has 1 aliphatic rings. The molecule has 0 saturated carbocycles. The lowest BCUT2D eigenvalue weighted by Crippen LogP contribution is -2.47. The van der Waals surface area contributed by atoms with Gasteiger partial charge >= 0.3 is 0 Å². The van der Waals surface area contributed by atoms with E-state index in [-0.39, 0.29) is 5.82 Å². The second-order valence-electron chi connectivity index (χ2n) is 8.72. The average molecular weight is 451 g/mol. The standard InChI is InChI=1S/C27H35FN4O/c1-3-4-8-22-21-24(32(29-22)23-12-14-25(33-2)15-13-23)9-7-16-30-17-19-31(20-18-30)27-11-6-5-10-26(27)28/h5-6,10-15,21H,3-4,7-9,16-20H2,1-2H3. The number of ether oxygens (including phenoxy) is 1. The number of para-hydroxylation sites is 1. The first-order chi connectivity index (χ1) is 16.2. The molecule has 0 bridgehead atoms. The number of piperazine rings is 1. The molecule has 0 radical (unpaired) electrons. The molecule has 33 heavy (non-hydrogen) atoms. The topological polar surface area (TPSA) is 33.5 Å². The number of rotatable bonds is 10. The Kier molecular flexibility index (Phi) is 8.00. The van der Waals surface area contributed by atoms with Gasteiger partial charge in [-0.25, -0.2) is 9.07 Å². The van der Waals surface area contributed by atoms with Gasteiger partial charge in [0.2, 0.25) is 0 Å². The van der Waals surface area contributed by atoms with E-state index in [1.165, 1.54) is 17.8 Å². The fourth-order valence-corrected chi connectivity index (χ4v) is 4.48. The second kappa shape index (κ2) is 11.3. The number of benzene rings is 2. The largest absolute Gasteiger partial charge is 0.497 e. The maximum absolute atomic E-state index is 14.1. The molecule has 3 aromatic rings. The summed E-state index contributed by atoms with van der Waals surface area (Å²) in [5, 5.41) is 4.91. The molecule has 2 heterocycles. The number of methoxy groups -OCH3 is 1. The van der Waals surface area contributed by atoms with Crippen molar-refractivity contribution in [3.05, 3.63) is 71.8 Å². The zero-order chi connectivity index (χ0) is 23.0. The highest BCUT2D eigenvalue weighted by Gasteiger charge is 2.19. The van der Waals surface area contributed by atoms with Gasteiger partial charge in [-0.05, 0) is 74.7 Å². The van der Waals surface area contributed by atoms with E-state index in [4.69, 9.17) is 9.84 Å². The summed E-state index contributed by atoms with van der Waals surface area (Å²) in [4.78, 5) is 4.65. The molecule has 176 valence electrons. The number of hydrogen-bond donors (Lipinski definition) is 0. The molecule has 0 atom stereocenters. The molecule has 1 aromatic heterocycles. The van der Waals surface area contributed by atoms with Crippen molar-refractivity contribution in [2.75, 3.05) is 44.7 Å². The Morgan fingerprint density at radius 2 is 1.70 bits per heavy atom. The summed E-state index contributed by atoms with van der Waals surface area (Å²) in [7, 11) is 1.69. The molecular weight excluding hydrogens is 415 g/mol. The lowest BCUT2D eigenvalue weighted by molar-refractivity contribution is 0.254. The van der Waals surface area contributed by atoms with Crippen LogP contribution in [0.2, 0.25) is 0 Å². The van der Waals surface area contributed by atoms with Gasteiger partial charge in [-0.3, -0.25) is 4.90 Å². The Balaban J connectivity index is 1.34. The van der Waals surface area contributed by atoms with Gasteiger partial charge in [0.05, 0.1) is 24.2 Å². The molecule has 1 fully saturated rings. The molecule has 0 N–H and O–H groups in total. The third-order valence-electron chi connectivity index (χ3n) is 6.41. The number of anilines is 1. The van der Waals surface area contributed by atoms with Gasteiger partial charge in [0.25, 0.3) is 0 Å². The van der Waals surface area contributed by atoms with E-state index in [1.54, 1.807) is 19.2 Å². The molecule has 0 amide bonds. The van der Waals surface area contributed by atoms with Crippen molar-refractivity contribution in [1.29, 1.82) is 0 Å². The number of aryl methyl sites for hydroxylation is 2. The van der Waals surface area contributed by atoms with E-state index in [2.05, 4.69) is 39.6 Å². The maximum atomic E-state index is 14.1. The number of nitrogens with zero attached hydrogens (tertiary/aromatic N) is 4. The SMILES string of the molecule is CCCCc1cc(CCCN2CCN(c3ccccc3F)CC2)n(-c2ccc(OC)cc2)n1. The summed E-state index contributed by atoms with van der Waals surface area (Å²) in [5.41, 5.74) is 4.23. The summed E-state index contributed by atoms with van der Waals surface area (Å²) >= 11 is 0. The Bertz CT molecular complexity index is 1010. The van der Waals surface area contributed by atoms with E-state index in [1.807, 2.05) is 24.3 Å². The van der Waals surface area contributed by atoms with Crippen molar-refractivity contribution in [2.24, 2.45) is 0 Å². The third kappa shape index (κ3) is 5.93. The summed E-state index contributed by atoms with van der Waals surface area (Å²) in [6, 6.07) is 17.5. The van der Waals surface area contributed by atoms with Crippen LogP contribution in [0.15, 0.2) is 54.6 Å². The molecule has 5 nitrogen and oxygen atoms in total. The van der Waals surface area contributed by atoms with Gasteiger partial charge in [-0.1, -0.05) is 25.5 Å². The van der Waals surface area contributed by atoms with E-state index in [0.717, 1.165) is 75.5 Å². The predicted molar refractivity (Wildman–Crippen MR) is 132 cm³/mol. The molecule has 0 aliphatic carbocycles. The number of unbranched alkanes of at least 4 members (excludes halogenated alkanes) is 1. The molecule has 1 aliphatic heterocycles. The normalized spacial score (nSPS) is 14.6. The van der Waals surface area contributed by atoms with Gasteiger partial charge in [0.15, 0.2) is 0 Å². The van der Waals surface area contributed by atoms with E-state index in [9.17, 15) is 4.39 Å². The van der Waals surface area contributed by atoms with Crippen LogP contribution in [0.25, 0.3) is 5.69 Å². The number of halogens is 1. The smallest absolute Gasteiger partial charge is 0.146 e. The predicted octanol–water partition coefficient (Wildman–Crippen LogP) is 5.12.